The zero-order valence-corrected chi connectivity index (χ0v) is 29.2. The molecule has 0 aliphatic heterocycles. The highest BCUT2D eigenvalue weighted by atomic mass is 16.3. The smallest absolute Gasteiger partial charge is 0.220 e. The Balaban J connectivity index is 3.34. The Bertz CT molecular complexity index is 579. The van der Waals surface area contributed by atoms with Crippen molar-refractivity contribution >= 4 is 5.91 Å². The van der Waals surface area contributed by atoms with Crippen LogP contribution in [0.15, 0.2) is 12.2 Å². The Labute approximate surface area is 269 Å². The van der Waals surface area contributed by atoms with Gasteiger partial charge in [0.25, 0.3) is 0 Å². The molecule has 0 fully saturated rings. The Morgan fingerprint density at radius 3 is 1.28 bits per heavy atom. The van der Waals surface area contributed by atoms with Crippen molar-refractivity contribution in [3.05, 3.63) is 12.2 Å². The van der Waals surface area contributed by atoms with Gasteiger partial charge in [0.15, 0.2) is 0 Å². The lowest BCUT2D eigenvalue weighted by molar-refractivity contribution is -0.123. The highest BCUT2D eigenvalue weighted by molar-refractivity contribution is 5.76. The Morgan fingerprint density at radius 2 is 0.884 bits per heavy atom. The van der Waals surface area contributed by atoms with E-state index in [1.165, 1.54) is 154 Å². The number of allylic oxidation sites excluding steroid dienone is 2. The van der Waals surface area contributed by atoms with Crippen LogP contribution in [0.2, 0.25) is 0 Å². The van der Waals surface area contributed by atoms with E-state index in [9.17, 15) is 15.0 Å². The third-order valence-electron chi connectivity index (χ3n) is 9.03. The predicted octanol–water partition coefficient (Wildman–Crippen LogP) is 11.5. The molecule has 0 saturated carbocycles. The third kappa shape index (κ3) is 32.3. The van der Waals surface area contributed by atoms with Crippen molar-refractivity contribution in [1.29, 1.82) is 0 Å². The van der Waals surface area contributed by atoms with Gasteiger partial charge in [-0.3, -0.25) is 4.79 Å². The monoisotopic (exact) mass is 608 g/mol. The molecule has 0 heterocycles. The lowest BCUT2D eigenvalue weighted by Gasteiger charge is -2.22. The van der Waals surface area contributed by atoms with E-state index < -0.39 is 12.1 Å². The minimum Gasteiger partial charge on any atom is -0.394 e. The molecule has 2 atom stereocenters. The molecule has 43 heavy (non-hydrogen) atoms. The minimum atomic E-state index is -0.651. The molecule has 0 aromatic carbocycles. The molecule has 0 saturated heterocycles. The SMILES string of the molecule is CCCCCCCCCC/C=C\CCCCCCCCCCCCCCCCCC(=O)NC(CO)C(O)CCCCCC. The molecule has 1 amide bonds. The number of nitrogens with one attached hydrogen (secondary N) is 1. The van der Waals surface area contributed by atoms with Crippen molar-refractivity contribution in [2.75, 3.05) is 6.61 Å². The molecule has 0 aromatic rings. The van der Waals surface area contributed by atoms with Crippen LogP contribution < -0.4 is 5.32 Å². The van der Waals surface area contributed by atoms with Crippen LogP contribution >= 0.6 is 0 Å². The highest BCUT2D eigenvalue weighted by Gasteiger charge is 2.19. The zero-order chi connectivity index (χ0) is 31.5. The molecule has 0 rings (SSSR count). The first-order valence-corrected chi connectivity index (χ1v) is 19.4. The molecule has 0 bridgehead atoms. The van der Waals surface area contributed by atoms with E-state index in [2.05, 4.69) is 31.3 Å². The van der Waals surface area contributed by atoms with Gasteiger partial charge in [-0.1, -0.05) is 180 Å². The first kappa shape index (κ1) is 42.1. The van der Waals surface area contributed by atoms with Crippen LogP contribution in [0, 0.1) is 0 Å². The summed E-state index contributed by atoms with van der Waals surface area (Å²) in [6, 6.07) is -0.527. The largest absolute Gasteiger partial charge is 0.394 e. The summed E-state index contributed by atoms with van der Waals surface area (Å²) in [6.45, 7) is 4.26. The van der Waals surface area contributed by atoms with Gasteiger partial charge in [-0.05, 0) is 38.5 Å². The number of amides is 1. The molecule has 3 N–H and O–H groups in total. The third-order valence-corrected chi connectivity index (χ3v) is 9.03. The molecule has 0 aliphatic carbocycles. The number of hydrogen-bond donors (Lipinski definition) is 3. The van der Waals surface area contributed by atoms with Crippen LogP contribution in [0.25, 0.3) is 0 Å². The number of carbonyl (C=O) groups excluding carboxylic acids is 1. The zero-order valence-electron chi connectivity index (χ0n) is 29.2. The molecule has 2 unspecified atom stereocenters. The number of aliphatic hydroxyl groups excluding tert-OH is 2. The van der Waals surface area contributed by atoms with E-state index in [-0.39, 0.29) is 12.5 Å². The summed E-state index contributed by atoms with van der Waals surface area (Å²) in [5.41, 5.74) is 0. The van der Waals surface area contributed by atoms with Gasteiger partial charge in [0.05, 0.1) is 18.8 Å². The van der Waals surface area contributed by atoms with Crippen LogP contribution in [0.1, 0.15) is 213 Å². The molecule has 0 spiro atoms. The molecule has 0 aliphatic rings. The average Bonchev–Trinajstić information content (AvgIpc) is 3.01. The van der Waals surface area contributed by atoms with Crippen molar-refractivity contribution in [3.8, 4) is 0 Å². The molecular weight excluding hydrogens is 530 g/mol. The molecule has 0 aromatic heterocycles. The fraction of sp³-hybridized carbons (Fsp3) is 0.923. The number of carbonyl (C=O) groups is 1. The molecule has 4 nitrogen and oxygen atoms in total. The maximum Gasteiger partial charge on any atom is 0.220 e. The summed E-state index contributed by atoms with van der Waals surface area (Å²) in [6.07, 6.45) is 43.3. The van der Waals surface area contributed by atoms with Gasteiger partial charge in [-0.25, -0.2) is 0 Å². The van der Waals surface area contributed by atoms with Gasteiger partial charge in [-0.2, -0.15) is 0 Å². The summed E-state index contributed by atoms with van der Waals surface area (Å²) < 4.78 is 0. The fourth-order valence-electron chi connectivity index (χ4n) is 6.00. The van der Waals surface area contributed by atoms with E-state index in [1.54, 1.807) is 0 Å². The van der Waals surface area contributed by atoms with Gasteiger partial charge in [0.1, 0.15) is 0 Å². The maximum atomic E-state index is 12.2. The van der Waals surface area contributed by atoms with E-state index in [0.29, 0.717) is 12.8 Å². The minimum absolute atomic E-state index is 0.0385. The van der Waals surface area contributed by atoms with Crippen LogP contribution in [-0.2, 0) is 4.79 Å². The number of hydrogen-bond acceptors (Lipinski definition) is 3. The summed E-state index contributed by atoms with van der Waals surface area (Å²) in [4.78, 5) is 12.2. The predicted molar refractivity (Wildman–Crippen MR) is 189 cm³/mol. The number of rotatable bonds is 35. The van der Waals surface area contributed by atoms with Gasteiger partial charge >= 0.3 is 0 Å². The Kier molecular flexibility index (Phi) is 34.9. The number of aliphatic hydroxyl groups is 2. The topological polar surface area (TPSA) is 69.6 Å². The molecular formula is C39H77NO3. The molecule has 4 heteroatoms. The second-order valence-electron chi connectivity index (χ2n) is 13.4. The first-order chi connectivity index (χ1) is 21.2. The molecule has 256 valence electrons. The van der Waals surface area contributed by atoms with E-state index >= 15 is 0 Å². The molecule has 0 radical (unpaired) electrons. The van der Waals surface area contributed by atoms with E-state index in [1.807, 2.05) is 0 Å². The summed E-state index contributed by atoms with van der Waals surface area (Å²) in [5, 5.41) is 22.6. The van der Waals surface area contributed by atoms with Crippen molar-refractivity contribution in [1.82, 2.24) is 5.32 Å². The van der Waals surface area contributed by atoms with Crippen molar-refractivity contribution in [2.45, 2.75) is 225 Å². The lowest BCUT2D eigenvalue weighted by atomic mass is 10.0. The summed E-state index contributed by atoms with van der Waals surface area (Å²) in [7, 11) is 0. The second kappa shape index (κ2) is 35.6. The van der Waals surface area contributed by atoms with Gasteiger partial charge < -0.3 is 15.5 Å². The van der Waals surface area contributed by atoms with Crippen molar-refractivity contribution in [3.63, 3.8) is 0 Å². The quantitative estimate of drug-likeness (QED) is 0.0496. The Morgan fingerprint density at radius 1 is 0.535 bits per heavy atom. The van der Waals surface area contributed by atoms with Crippen molar-refractivity contribution in [2.24, 2.45) is 0 Å². The van der Waals surface area contributed by atoms with Crippen LogP contribution in [0.3, 0.4) is 0 Å². The Hall–Kier alpha value is -0.870. The fourth-order valence-corrected chi connectivity index (χ4v) is 6.00. The first-order valence-electron chi connectivity index (χ1n) is 19.4. The van der Waals surface area contributed by atoms with Gasteiger partial charge in [0.2, 0.25) is 5.91 Å². The van der Waals surface area contributed by atoms with E-state index in [4.69, 9.17) is 0 Å². The highest BCUT2D eigenvalue weighted by Crippen LogP contribution is 2.15. The van der Waals surface area contributed by atoms with Crippen LogP contribution in [0.4, 0.5) is 0 Å². The van der Waals surface area contributed by atoms with Crippen molar-refractivity contribution < 1.29 is 15.0 Å². The average molecular weight is 608 g/mol. The van der Waals surface area contributed by atoms with Gasteiger partial charge in [0, 0.05) is 6.42 Å². The summed E-state index contributed by atoms with van der Waals surface area (Å²) >= 11 is 0. The van der Waals surface area contributed by atoms with Gasteiger partial charge in [-0.15, -0.1) is 0 Å². The number of unbranched alkanes of at least 4 members (excludes halogenated alkanes) is 26. The van der Waals surface area contributed by atoms with Crippen LogP contribution in [0.5, 0.6) is 0 Å². The summed E-state index contributed by atoms with van der Waals surface area (Å²) in [5.74, 6) is -0.0385. The second-order valence-corrected chi connectivity index (χ2v) is 13.4. The maximum absolute atomic E-state index is 12.2. The van der Waals surface area contributed by atoms with E-state index in [0.717, 1.165) is 32.1 Å². The standard InChI is InChI=1S/C39H77NO3/c1-3-5-7-9-10-11-12-13-14-15-16-17-18-19-20-21-22-23-24-25-26-27-28-29-30-31-33-35-39(43)40-37(36-41)38(42)34-32-8-6-4-2/h15-16,37-38,41-42H,3-14,17-36H2,1-2H3,(H,40,43)/b16-15-. The van der Waals surface area contributed by atoms with Crippen LogP contribution in [-0.4, -0.2) is 34.9 Å². The lowest BCUT2D eigenvalue weighted by Crippen LogP contribution is -2.45. The normalized spacial score (nSPS) is 13.1.